The summed E-state index contributed by atoms with van der Waals surface area (Å²) in [5.41, 5.74) is 2.68. The molecule has 1 N–H and O–H groups in total. The lowest BCUT2D eigenvalue weighted by atomic mass is 9.95. The smallest absolute Gasteiger partial charge is 0.257 e. The van der Waals surface area contributed by atoms with Crippen LogP contribution in [0.4, 0.5) is 5.00 Å². The fraction of sp³-hybridized carbons (Fsp3) is 0.455. The minimum Gasteiger partial charge on any atom is -0.378 e. The maximum absolute atomic E-state index is 13.2. The highest BCUT2D eigenvalue weighted by Gasteiger charge is 2.28. The molecule has 1 saturated heterocycles. The van der Waals surface area contributed by atoms with Crippen LogP contribution in [0.3, 0.4) is 0 Å². The predicted octanol–water partition coefficient (Wildman–Crippen LogP) is 4.22. The van der Waals surface area contributed by atoms with Crippen molar-refractivity contribution >= 4 is 28.2 Å². The van der Waals surface area contributed by atoms with Crippen molar-refractivity contribution in [2.45, 2.75) is 39.5 Å². The van der Waals surface area contributed by atoms with Crippen molar-refractivity contribution in [3.63, 3.8) is 0 Å². The molecule has 1 aromatic carbocycles. The van der Waals surface area contributed by atoms with Gasteiger partial charge in [0, 0.05) is 18.0 Å². The van der Waals surface area contributed by atoms with Gasteiger partial charge in [-0.3, -0.25) is 9.59 Å². The average Bonchev–Trinajstić information content (AvgIpc) is 3.04. The lowest BCUT2D eigenvalue weighted by molar-refractivity contribution is -0.117. The normalized spacial score (nSPS) is 15.3. The molecule has 0 bridgehead atoms. The minimum atomic E-state index is -0.236. The first kappa shape index (κ1) is 20.6. The molecule has 0 aliphatic carbocycles. The van der Waals surface area contributed by atoms with Gasteiger partial charge in [-0.25, -0.2) is 0 Å². The molecule has 2 heterocycles. The monoisotopic (exact) mass is 400 g/mol. The van der Waals surface area contributed by atoms with Crippen molar-refractivity contribution in [3.05, 3.63) is 51.9 Å². The van der Waals surface area contributed by atoms with E-state index in [0.717, 1.165) is 22.4 Å². The number of ether oxygens (including phenoxy) is 1. The molecule has 0 saturated carbocycles. The Kier molecular flexibility index (Phi) is 6.86. The van der Waals surface area contributed by atoms with Gasteiger partial charge in [0.2, 0.25) is 5.91 Å². The standard InChI is InChI=1S/C22H28N2O3S/c1-4-17-15(3)28-21(19(17)22(26)24-11-13-27-14-12-24)23-20(25)18(5-2)16-9-7-6-8-10-16/h6-10,18H,4-5,11-14H2,1-3H3,(H,23,25)/t18-/m1/s1. The summed E-state index contributed by atoms with van der Waals surface area (Å²) in [4.78, 5) is 29.2. The highest BCUT2D eigenvalue weighted by Crippen LogP contribution is 2.35. The van der Waals surface area contributed by atoms with Crippen molar-refractivity contribution in [1.82, 2.24) is 4.90 Å². The van der Waals surface area contributed by atoms with Crippen LogP contribution in [0, 0.1) is 6.92 Å². The molecule has 6 heteroatoms. The van der Waals surface area contributed by atoms with E-state index < -0.39 is 0 Å². The Morgan fingerprint density at radius 3 is 2.46 bits per heavy atom. The van der Waals surface area contributed by atoms with Crippen LogP contribution < -0.4 is 5.32 Å². The van der Waals surface area contributed by atoms with Gasteiger partial charge in [0.25, 0.3) is 5.91 Å². The maximum atomic E-state index is 13.2. The second-order valence-corrected chi connectivity index (χ2v) is 8.18. The average molecular weight is 401 g/mol. The lowest BCUT2D eigenvalue weighted by Crippen LogP contribution is -2.41. The summed E-state index contributed by atoms with van der Waals surface area (Å²) in [5, 5.41) is 3.75. The number of rotatable bonds is 6. The van der Waals surface area contributed by atoms with E-state index in [4.69, 9.17) is 4.74 Å². The molecule has 150 valence electrons. The van der Waals surface area contributed by atoms with Crippen molar-refractivity contribution in [1.29, 1.82) is 0 Å². The fourth-order valence-corrected chi connectivity index (χ4v) is 4.84. The largest absolute Gasteiger partial charge is 0.378 e. The van der Waals surface area contributed by atoms with Crippen LogP contribution in [0.1, 0.15) is 52.5 Å². The van der Waals surface area contributed by atoms with Crippen LogP contribution in [-0.2, 0) is 16.0 Å². The third kappa shape index (κ3) is 4.28. The number of nitrogens with zero attached hydrogens (tertiary/aromatic N) is 1. The maximum Gasteiger partial charge on any atom is 0.257 e. The van der Waals surface area contributed by atoms with Gasteiger partial charge >= 0.3 is 0 Å². The van der Waals surface area contributed by atoms with Gasteiger partial charge in [-0.05, 0) is 30.9 Å². The molecule has 1 fully saturated rings. The van der Waals surface area contributed by atoms with Crippen LogP contribution in [0.15, 0.2) is 30.3 Å². The summed E-state index contributed by atoms with van der Waals surface area (Å²) in [5.74, 6) is -0.304. The number of hydrogen-bond acceptors (Lipinski definition) is 4. The van der Waals surface area contributed by atoms with Crippen LogP contribution >= 0.6 is 11.3 Å². The number of morpholine rings is 1. The third-order valence-corrected chi connectivity index (χ3v) is 6.30. The van der Waals surface area contributed by atoms with E-state index in [2.05, 4.69) is 12.2 Å². The first-order valence-corrected chi connectivity index (χ1v) is 10.7. The van der Waals surface area contributed by atoms with E-state index in [-0.39, 0.29) is 17.7 Å². The second-order valence-electron chi connectivity index (χ2n) is 6.96. The fourth-order valence-electron chi connectivity index (χ4n) is 3.70. The molecule has 2 aromatic rings. The molecule has 1 aliphatic heterocycles. The lowest BCUT2D eigenvalue weighted by Gasteiger charge is -2.27. The molecule has 0 spiro atoms. The zero-order chi connectivity index (χ0) is 20.1. The van der Waals surface area contributed by atoms with Crippen molar-refractivity contribution < 1.29 is 14.3 Å². The number of hydrogen-bond donors (Lipinski definition) is 1. The Labute approximate surface area is 170 Å². The van der Waals surface area contributed by atoms with Gasteiger partial charge in [-0.1, -0.05) is 44.2 Å². The topological polar surface area (TPSA) is 58.6 Å². The Morgan fingerprint density at radius 1 is 1.18 bits per heavy atom. The molecule has 5 nitrogen and oxygen atoms in total. The molecule has 1 aliphatic rings. The first-order valence-electron chi connectivity index (χ1n) is 9.91. The number of anilines is 1. The van der Waals surface area contributed by atoms with Crippen LogP contribution in [-0.4, -0.2) is 43.0 Å². The first-order chi connectivity index (χ1) is 13.6. The summed E-state index contributed by atoms with van der Waals surface area (Å²) in [6.07, 6.45) is 1.47. The van der Waals surface area contributed by atoms with E-state index in [1.54, 1.807) is 0 Å². The Balaban J connectivity index is 1.89. The molecule has 28 heavy (non-hydrogen) atoms. The molecular formula is C22H28N2O3S. The Hall–Kier alpha value is -2.18. The molecule has 3 rings (SSSR count). The molecule has 1 aromatic heterocycles. The van der Waals surface area contributed by atoms with Gasteiger partial charge < -0.3 is 15.0 Å². The highest BCUT2D eigenvalue weighted by atomic mass is 32.1. The van der Waals surface area contributed by atoms with E-state index in [9.17, 15) is 9.59 Å². The van der Waals surface area contributed by atoms with Crippen LogP contribution in [0.2, 0.25) is 0 Å². The molecular weight excluding hydrogens is 372 g/mol. The summed E-state index contributed by atoms with van der Waals surface area (Å²) in [7, 11) is 0. The second kappa shape index (κ2) is 9.34. The number of aryl methyl sites for hydroxylation is 1. The van der Waals surface area contributed by atoms with E-state index in [0.29, 0.717) is 43.3 Å². The highest BCUT2D eigenvalue weighted by molar-refractivity contribution is 7.16. The third-order valence-electron chi connectivity index (χ3n) is 5.24. The number of amides is 2. The summed E-state index contributed by atoms with van der Waals surface area (Å²) < 4.78 is 5.38. The zero-order valence-electron chi connectivity index (χ0n) is 16.8. The van der Waals surface area contributed by atoms with Crippen molar-refractivity contribution in [3.8, 4) is 0 Å². The summed E-state index contributed by atoms with van der Waals surface area (Å²) >= 11 is 1.50. The van der Waals surface area contributed by atoms with Gasteiger partial charge in [0.05, 0.1) is 24.7 Å². The summed E-state index contributed by atoms with van der Waals surface area (Å²) in [6, 6.07) is 9.80. The Bertz CT molecular complexity index is 826. The number of benzene rings is 1. The SMILES string of the molecule is CCc1c(C)sc(NC(=O)[C@H](CC)c2ccccc2)c1C(=O)N1CCOCC1. The van der Waals surface area contributed by atoms with Gasteiger partial charge in [-0.15, -0.1) is 11.3 Å². The molecule has 0 unspecified atom stereocenters. The molecule has 1 atom stereocenters. The molecule has 0 radical (unpaired) electrons. The predicted molar refractivity (Wildman–Crippen MR) is 113 cm³/mol. The number of carbonyl (C=O) groups excluding carboxylic acids is 2. The minimum absolute atomic E-state index is 0.00689. The van der Waals surface area contributed by atoms with Crippen LogP contribution in [0.5, 0.6) is 0 Å². The van der Waals surface area contributed by atoms with Crippen molar-refractivity contribution in [2.75, 3.05) is 31.6 Å². The number of carbonyl (C=O) groups is 2. The number of nitrogens with one attached hydrogen (secondary N) is 1. The Morgan fingerprint density at radius 2 is 1.86 bits per heavy atom. The number of thiophene rings is 1. The van der Waals surface area contributed by atoms with Gasteiger partial charge in [0.1, 0.15) is 5.00 Å². The van der Waals surface area contributed by atoms with Crippen LogP contribution in [0.25, 0.3) is 0 Å². The van der Waals surface area contributed by atoms with Gasteiger partial charge in [-0.2, -0.15) is 0 Å². The summed E-state index contributed by atoms with van der Waals surface area (Å²) in [6.45, 7) is 8.37. The molecule has 2 amide bonds. The van der Waals surface area contributed by atoms with Crippen molar-refractivity contribution in [2.24, 2.45) is 0 Å². The van der Waals surface area contributed by atoms with E-state index in [1.807, 2.05) is 49.1 Å². The quantitative estimate of drug-likeness (QED) is 0.790. The van der Waals surface area contributed by atoms with Gasteiger partial charge in [0.15, 0.2) is 0 Å². The van der Waals surface area contributed by atoms with E-state index in [1.165, 1.54) is 11.3 Å². The zero-order valence-corrected chi connectivity index (χ0v) is 17.6. The van der Waals surface area contributed by atoms with E-state index >= 15 is 0 Å².